The van der Waals surface area contributed by atoms with E-state index in [9.17, 15) is 14.3 Å². The highest BCUT2D eigenvalue weighted by molar-refractivity contribution is 6.32. The lowest BCUT2D eigenvalue weighted by atomic mass is 9.84. The van der Waals surface area contributed by atoms with Crippen LogP contribution in [0.25, 0.3) is 27.5 Å². The number of rotatable bonds is 5. The fraction of sp³-hybridized carbons (Fsp3) is 0.310. The van der Waals surface area contributed by atoms with Gasteiger partial charge in [0.05, 0.1) is 17.9 Å². The van der Waals surface area contributed by atoms with Crippen LogP contribution >= 0.6 is 11.6 Å². The molecule has 4 rings (SSSR count). The largest absolute Gasteiger partial charge is 0.493 e. The number of hydrogen-bond donors (Lipinski definition) is 1. The standard InChI is InChI=1S/C29H28ClF2NO4/c1-7-15-10-11-36-20-9-8-16(26(33-6)22(15)20)23-17-13-19(31)24(30)25(32)18(17)12-14(2)21(23)27(28(34)35)37-29(3,4)5/h7-9,12-13,27H,6,10-11H2,1-5H3,(H,34,35)/b15-7-/t27-/m0/s1. The Morgan fingerprint density at radius 2 is 1.95 bits per heavy atom. The van der Waals surface area contributed by atoms with Gasteiger partial charge in [-0.05, 0) is 87.7 Å². The summed E-state index contributed by atoms with van der Waals surface area (Å²) in [6.07, 6.45) is 1.16. The third-order valence-corrected chi connectivity index (χ3v) is 6.69. The van der Waals surface area contributed by atoms with Crippen molar-refractivity contribution in [3.8, 4) is 16.9 Å². The number of aryl methyl sites for hydroxylation is 1. The molecule has 0 saturated carbocycles. The van der Waals surface area contributed by atoms with Crippen LogP contribution in [0.3, 0.4) is 0 Å². The van der Waals surface area contributed by atoms with E-state index in [1.807, 2.05) is 13.0 Å². The van der Waals surface area contributed by atoms with Crippen molar-refractivity contribution in [2.24, 2.45) is 4.99 Å². The van der Waals surface area contributed by atoms with E-state index in [0.29, 0.717) is 41.2 Å². The van der Waals surface area contributed by atoms with Crippen LogP contribution in [-0.4, -0.2) is 30.0 Å². The quantitative estimate of drug-likeness (QED) is 0.268. The van der Waals surface area contributed by atoms with Gasteiger partial charge in [-0.3, -0.25) is 4.99 Å². The molecule has 1 atom stereocenters. The summed E-state index contributed by atoms with van der Waals surface area (Å²) in [4.78, 5) is 16.9. The molecule has 0 saturated heterocycles. The molecule has 8 heteroatoms. The molecule has 0 aliphatic carbocycles. The minimum absolute atomic E-state index is 0.0535. The summed E-state index contributed by atoms with van der Waals surface area (Å²) in [5.74, 6) is -2.53. The van der Waals surface area contributed by atoms with Gasteiger partial charge in [-0.2, -0.15) is 0 Å². The zero-order chi connectivity index (χ0) is 27.2. The number of benzene rings is 3. The number of carbonyl (C=O) groups is 1. The summed E-state index contributed by atoms with van der Waals surface area (Å²) in [5.41, 5.74) is 2.72. The number of aliphatic imine (C=N–C) groups is 1. The van der Waals surface area contributed by atoms with Crippen molar-refractivity contribution >= 4 is 46.3 Å². The molecular weight excluding hydrogens is 500 g/mol. The average Bonchev–Trinajstić information content (AvgIpc) is 2.84. The molecule has 1 aliphatic rings. The Hall–Kier alpha value is -3.29. The van der Waals surface area contributed by atoms with Gasteiger partial charge in [0.1, 0.15) is 16.6 Å². The second-order valence-corrected chi connectivity index (χ2v) is 10.3. The van der Waals surface area contributed by atoms with E-state index in [1.165, 1.54) is 6.07 Å². The van der Waals surface area contributed by atoms with Gasteiger partial charge in [-0.15, -0.1) is 0 Å². The highest BCUT2D eigenvalue weighted by Crippen LogP contribution is 2.50. The first-order valence-corrected chi connectivity index (χ1v) is 12.2. The van der Waals surface area contributed by atoms with Gasteiger partial charge >= 0.3 is 5.97 Å². The molecule has 0 radical (unpaired) electrons. The molecule has 1 aliphatic heterocycles. The number of allylic oxidation sites excluding steroid dienone is 1. The van der Waals surface area contributed by atoms with Gasteiger partial charge in [0, 0.05) is 28.5 Å². The molecule has 37 heavy (non-hydrogen) atoms. The molecule has 0 aromatic heterocycles. The van der Waals surface area contributed by atoms with Crippen molar-refractivity contribution in [3.63, 3.8) is 0 Å². The minimum Gasteiger partial charge on any atom is -0.493 e. The molecule has 1 N–H and O–H groups in total. The molecule has 0 unspecified atom stereocenters. The summed E-state index contributed by atoms with van der Waals surface area (Å²) in [7, 11) is 0. The van der Waals surface area contributed by atoms with Crippen LogP contribution in [0.4, 0.5) is 14.5 Å². The fourth-order valence-electron chi connectivity index (χ4n) is 4.86. The third-order valence-electron chi connectivity index (χ3n) is 6.35. The van der Waals surface area contributed by atoms with E-state index < -0.39 is 34.3 Å². The van der Waals surface area contributed by atoms with Crippen molar-refractivity contribution in [1.82, 2.24) is 0 Å². The van der Waals surface area contributed by atoms with Crippen molar-refractivity contribution in [3.05, 3.63) is 63.7 Å². The fourth-order valence-corrected chi connectivity index (χ4v) is 5.02. The summed E-state index contributed by atoms with van der Waals surface area (Å²) in [6, 6.07) is 6.05. The van der Waals surface area contributed by atoms with Gasteiger partial charge < -0.3 is 14.6 Å². The summed E-state index contributed by atoms with van der Waals surface area (Å²) >= 11 is 5.92. The second-order valence-electron chi connectivity index (χ2n) is 9.92. The van der Waals surface area contributed by atoms with E-state index in [4.69, 9.17) is 21.1 Å². The zero-order valence-electron chi connectivity index (χ0n) is 21.3. The number of aliphatic carboxylic acids is 1. The van der Waals surface area contributed by atoms with Gasteiger partial charge in [0.2, 0.25) is 0 Å². The lowest BCUT2D eigenvalue weighted by molar-refractivity contribution is -0.160. The SMILES string of the molecule is C=Nc1c(-c2c([C@H](OC(C)(C)C)C(=O)O)c(C)cc3c(F)c(Cl)c(F)cc23)ccc2c1/C(=C\C)CCO2. The van der Waals surface area contributed by atoms with E-state index in [2.05, 4.69) is 11.7 Å². The molecule has 0 fully saturated rings. The molecule has 5 nitrogen and oxygen atoms in total. The Morgan fingerprint density at radius 1 is 1.24 bits per heavy atom. The van der Waals surface area contributed by atoms with Gasteiger partial charge in [-0.25, -0.2) is 13.6 Å². The Morgan fingerprint density at radius 3 is 2.54 bits per heavy atom. The van der Waals surface area contributed by atoms with Crippen molar-refractivity contribution in [2.75, 3.05) is 6.61 Å². The molecule has 0 amide bonds. The van der Waals surface area contributed by atoms with Crippen LogP contribution in [-0.2, 0) is 9.53 Å². The number of halogens is 3. The highest BCUT2D eigenvalue weighted by atomic mass is 35.5. The maximum atomic E-state index is 15.3. The highest BCUT2D eigenvalue weighted by Gasteiger charge is 2.34. The number of ether oxygens (including phenoxy) is 2. The predicted octanol–water partition coefficient (Wildman–Crippen LogP) is 8.21. The Kier molecular flexibility index (Phi) is 7.14. The van der Waals surface area contributed by atoms with Crippen LogP contribution in [0.15, 0.2) is 35.3 Å². The summed E-state index contributed by atoms with van der Waals surface area (Å²) < 4.78 is 42.0. The summed E-state index contributed by atoms with van der Waals surface area (Å²) in [6.45, 7) is 13.0. The predicted molar refractivity (Wildman–Crippen MR) is 143 cm³/mol. The Labute approximate surface area is 219 Å². The number of nitrogens with zero attached hydrogens (tertiary/aromatic N) is 1. The van der Waals surface area contributed by atoms with E-state index >= 15 is 4.39 Å². The molecule has 194 valence electrons. The summed E-state index contributed by atoms with van der Waals surface area (Å²) in [5, 5.41) is 9.81. The topological polar surface area (TPSA) is 68.1 Å². The van der Waals surface area contributed by atoms with Crippen molar-refractivity contribution in [2.45, 2.75) is 52.7 Å². The average molecular weight is 528 g/mol. The normalized spacial score (nSPS) is 15.4. The second kappa shape index (κ2) is 9.88. The van der Waals surface area contributed by atoms with Crippen molar-refractivity contribution in [1.29, 1.82) is 0 Å². The monoisotopic (exact) mass is 527 g/mol. The lowest BCUT2D eigenvalue weighted by Gasteiger charge is -2.30. The molecule has 3 aromatic carbocycles. The first-order chi connectivity index (χ1) is 17.4. The van der Waals surface area contributed by atoms with Crippen LogP contribution in [0.5, 0.6) is 5.75 Å². The van der Waals surface area contributed by atoms with Gasteiger partial charge in [0.15, 0.2) is 11.9 Å². The van der Waals surface area contributed by atoms with E-state index in [1.54, 1.807) is 39.8 Å². The van der Waals surface area contributed by atoms with Crippen molar-refractivity contribution < 1.29 is 28.2 Å². The number of fused-ring (bicyclic) bond motifs is 2. The van der Waals surface area contributed by atoms with Gasteiger partial charge in [-0.1, -0.05) is 17.7 Å². The molecule has 1 heterocycles. The first-order valence-electron chi connectivity index (χ1n) is 11.8. The Balaban J connectivity index is 2.23. The maximum Gasteiger partial charge on any atom is 0.337 e. The molecular formula is C29H28ClF2NO4. The first kappa shape index (κ1) is 26.8. The van der Waals surface area contributed by atoms with E-state index in [0.717, 1.165) is 11.6 Å². The van der Waals surface area contributed by atoms with Crippen LogP contribution in [0.2, 0.25) is 5.02 Å². The van der Waals surface area contributed by atoms with Gasteiger partial charge in [0.25, 0.3) is 0 Å². The molecule has 0 spiro atoms. The zero-order valence-corrected chi connectivity index (χ0v) is 22.1. The smallest absolute Gasteiger partial charge is 0.337 e. The lowest BCUT2D eigenvalue weighted by Crippen LogP contribution is -2.28. The minimum atomic E-state index is -1.44. The van der Waals surface area contributed by atoms with Crippen LogP contribution in [0, 0.1) is 18.6 Å². The Bertz CT molecular complexity index is 1470. The third kappa shape index (κ3) is 4.74. The van der Waals surface area contributed by atoms with E-state index in [-0.39, 0.29) is 21.9 Å². The number of carboxylic acid groups (broad SMARTS) is 1. The maximum absolute atomic E-state index is 15.3. The van der Waals surface area contributed by atoms with Crippen LogP contribution in [0.1, 0.15) is 56.9 Å². The molecule has 3 aromatic rings. The number of carboxylic acids is 1. The number of hydrogen-bond acceptors (Lipinski definition) is 4. The molecule has 0 bridgehead atoms. The van der Waals surface area contributed by atoms with Crippen LogP contribution < -0.4 is 4.74 Å².